The van der Waals surface area contributed by atoms with Gasteiger partial charge in [-0.3, -0.25) is 4.79 Å². The molecule has 1 aliphatic rings. The summed E-state index contributed by atoms with van der Waals surface area (Å²) < 4.78 is 52.8. The van der Waals surface area contributed by atoms with E-state index in [9.17, 15) is 18.0 Å². The Morgan fingerprint density at radius 1 is 1.15 bits per heavy atom. The lowest BCUT2D eigenvalue weighted by Gasteiger charge is -2.33. The molecule has 0 aliphatic carbocycles. The van der Waals surface area contributed by atoms with Crippen LogP contribution in [0.1, 0.15) is 34.6 Å². The van der Waals surface area contributed by atoms with Crippen LogP contribution in [0.25, 0.3) is 0 Å². The van der Waals surface area contributed by atoms with E-state index in [0.29, 0.717) is 22.7 Å². The Morgan fingerprint density at radius 3 is 2.48 bits per heavy atom. The summed E-state index contributed by atoms with van der Waals surface area (Å²) in [6.07, 6.45) is -4.88. The molecular formula is C22H20ClF3N4O3. The molecule has 11 heteroatoms. The highest BCUT2D eigenvalue weighted by Crippen LogP contribution is 2.46. The Balaban J connectivity index is 1.67. The number of alkyl halides is 3. The van der Waals surface area contributed by atoms with Crippen molar-refractivity contribution < 1.29 is 27.4 Å². The van der Waals surface area contributed by atoms with Crippen molar-refractivity contribution in [1.29, 1.82) is 0 Å². The molecule has 0 spiro atoms. The summed E-state index contributed by atoms with van der Waals surface area (Å²) in [6, 6.07) is 10.8. The van der Waals surface area contributed by atoms with Gasteiger partial charge in [0.2, 0.25) is 0 Å². The fourth-order valence-corrected chi connectivity index (χ4v) is 4.01. The van der Waals surface area contributed by atoms with Crippen molar-refractivity contribution in [3.8, 4) is 11.5 Å². The molecule has 2 aromatic carbocycles. The predicted molar refractivity (Wildman–Crippen MR) is 117 cm³/mol. The lowest BCUT2D eigenvalue weighted by molar-refractivity contribution is -0.173. The number of hydrogen-bond donors (Lipinski definition) is 2. The van der Waals surface area contributed by atoms with Gasteiger partial charge in [-0.15, -0.1) is 0 Å². The minimum absolute atomic E-state index is 0.0587. The first-order valence-electron chi connectivity index (χ1n) is 9.92. The van der Waals surface area contributed by atoms with Gasteiger partial charge < -0.3 is 20.1 Å². The van der Waals surface area contributed by atoms with E-state index in [-0.39, 0.29) is 23.0 Å². The smallest absolute Gasteiger partial charge is 0.410 e. The number of benzene rings is 2. The second-order valence-corrected chi connectivity index (χ2v) is 7.76. The number of fused-ring (bicyclic) bond motifs is 1. The number of rotatable bonds is 5. The van der Waals surface area contributed by atoms with Crippen molar-refractivity contribution >= 4 is 29.0 Å². The summed E-state index contributed by atoms with van der Waals surface area (Å²) in [5, 5.41) is 9.34. The fraction of sp³-hybridized carbons (Fsp3) is 0.273. The quantitative estimate of drug-likeness (QED) is 0.506. The van der Waals surface area contributed by atoms with Gasteiger partial charge in [0.25, 0.3) is 5.91 Å². The second kappa shape index (κ2) is 8.86. The number of nitrogens with one attached hydrogen (secondary N) is 2. The summed E-state index contributed by atoms with van der Waals surface area (Å²) in [7, 11) is 2.91. The average Bonchev–Trinajstić information content (AvgIpc) is 3.14. The molecule has 3 aromatic rings. The molecule has 1 aliphatic heterocycles. The van der Waals surface area contributed by atoms with Crippen LogP contribution in [-0.4, -0.2) is 36.1 Å². The van der Waals surface area contributed by atoms with E-state index < -0.39 is 24.2 Å². The number of amides is 1. The Morgan fingerprint density at radius 2 is 1.85 bits per heavy atom. The van der Waals surface area contributed by atoms with Crippen molar-refractivity contribution in [2.45, 2.75) is 24.7 Å². The van der Waals surface area contributed by atoms with E-state index in [0.717, 1.165) is 4.68 Å². The summed E-state index contributed by atoms with van der Waals surface area (Å²) in [6.45, 7) is 0. The fourth-order valence-electron chi connectivity index (χ4n) is 3.74. The SMILES string of the molecule is COc1ccc(NC(=O)c2nn3c(c2Cl)NC(c2ccccc2)CC3C(F)(F)F)cc1OC. The van der Waals surface area contributed by atoms with Crippen molar-refractivity contribution in [2.24, 2.45) is 0 Å². The molecule has 1 aromatic heterocycles. The molecule has 0 bridgehead atoms. The molecule has 7 nitrogen and oxygen atoms in total. The van der Waals surface area contributed by atoms with Crippen LogP contribution in [0.3, 0.4) is 0 Å². The lowest BCUT2D eigenvalue weighted by atomic mass is 9.97. The van der Waals surface area contributed by atoms with Gasteiger partial charge in [0.05, 0.1) is 20.3 Å². The van der Waals surface area contributed by atoms with Gasteiger partial charge >= 0.3 is 6.18 Å². The third-order valence-electron chi connectivity index (χ3n) is 5.35. The average molecular weight is 481 g/mol. The molecular weight excluding hydrogens is 461 g/mol. The summed E-state index contributed by atoms with van der Waals surface area (Å²) >= 11 is 6.36. The molecule has 4 rings (SSSR count). The van der Waals surface area contributed by atoms with Gasteiger partial charge in [0.15, 0.2) is 23.2 Å². The first-order valence-corrected chi connectivity index (χ1v) is 10.3. The van der Waals surface area contributed by atoms with E-state index in [2.05, 4.69) is 15.7 Å². The number of methoxy groups -OCH3 is 2. The van der Waals surface area contributed by atoms with Crippen molar-refractivity contribution in [1.82, 2.24) is 9.78 Å². The molecule has 1 amide bonds. The van der Waals surface area contributed by atoms with Gasteiger partial charge in [-0.05, 0) is 17.7 Å². The van der Waals surface area contributed by atoms with Crippen molar-refractivity contribution in [2.75, 3.05) is 24.9 Å². The molecule has 0 fully saturated rings. The monoisotopic (exact) mass is 480 g/mol. The largest absolute Gasteiger partial charge is 0.493 e. The molecule has 2 heterocycles. The number of halogens is 4. The molecule has 0 saturated carbocycles. The highest BCUT2D eigenvalue weighted by atomic mass is 35.5. The van der Waals surface area contributed by atoms with Crippen LogP contribution in [0.5, 0.6) is 11.5 Å². The Labute approximate surface area is 192 Å². The zero-order valence-corrected chi connectivity index (χ0v) is 18.4. The molecule has 0 radical (unpaired) electrons. The third-order valence-corrected chi connectivity index (χ3v) is 5.71. The maximum atomic E-state index is 13.9. The summed E-state index contributed by atoms with van der Waals surface area (Å²) in [5.41, 5.74) is 0.686. The molecule has 2 unspecified atom stereocenters. The van der Waals surface area contributed by atoms with E-state index in [1.54, 1.807) is 42.5 Å². The standard InChI is InChI=1S/C22H20ClF3N4O3/c1-32-15-9-8-13(10-16(15)33-2)27-21(31)19-18(23)20-28-14(12-6-4-3-5-7-12)11-17(22(24,25)26)30(20)29-19/h3-10,14,17,28H,11H2,1-2H3,(H,27,31). The van der Waals surface area contributed by atoms with Crippen molar-refractivity contribution in [3.63, 3.8) is 0 Å². The molecule has 2 N–H and O–H groups in total. The minimum Gasteiger partial charge on any atom is -0.493 e. The minimum atomic E-state index is -4.59. The molecule has 0 saturated heterocycles. The zero-order chi connectivity index (χ0) is 23.8. The van der Waals surface area contributed by atoms with Crippen LogP contribution in [0.2, 0.25) is 5.02 Å². The topological polar surface area (TPSA) is 77.4 Å². The first kappa shape index (κ1) is 22.8. The lowest BCUT2D eigenvalue weighted by Crippen LogP contribution is -2.35. The van der Waals surface area contributed by atoms with Gasteiger partial charge in [0, 0.05) is 18.2 Å². The number of aromatic nitrogens is 2. The zero-order valence-electron chi connectivity index (χ0n) is 17.6. The highest BCUT2D eigenvalue weighted by Gasteiger charge is 2.47. The van der Waals surface area contributed by atoms with Gasteiger partial charge in [0.1, 0.15) is 10.8 Å². The number of anilines is 2. The van der Waals surface area contributed by atoms with E-state index in [4.69, 9.17) is 21.1 Å². The highest BCUT2D eigenvalue weighted by molar-refractivity contribution is 6.36. The summed E-state index contributed by atoms with van der Waals surface area (Å²) in [5.74, 6) is 0.00913. The van der Waals surface area contributed by atoms with Crippen LogP contribution >= 0.6 is 11.6 Å². The van der Waals surface area contributed by atoms with Gasteiger partial charge in [-0.1, -0.05) is 41.9 Å². The van der Waals surface area contributed by atoms with Crippen LogP contribution in [0, 0.1) is 0 Å². The Kier molecular flexibility index (Phi) is 6.11. The molecule has 174 valence electrons. The number of nitrogens with zero attached hydrogens (tertiary/aromatic N) is 2. The maximum Gasteiger partial charge on any atom is 0.410 e. The third kappa shape index (κ3) is 4.43. The summed E-state index contributed by atoms with van der Waals surface area (Å²) in [4.78, 5) is 12.9. The van der Waals surface area contributed by atoms with Crippen LogP contribution in [0.4, 0.5) is 24.7 Å². The second-order valence-electron chi connectivity index (χ2n) is 7.38. The predicted octanol–water partition coefficient (Wildman–Crippen LogP) is 5.47. The van der Waals surface area contributed by atoms with E-state index in [1.165, 1.54) is 20.3 Å². The van der Waals surface area contributed by atoms with Crippen molar-refractivity contribution in [3.05, 3.63) is 64.8 Å². The number of hydrogen-bond acceptors (Lipinski definition) is 5. The number of ether oxygens (including phenoxy) is 2. The van der Waals surface area contributed by atoms with Gasteiger partial charge in [-0.2, -0.15) is 18.3 Å². The molecule has 33 heavy (non-hydrogen) atoms. The first-order chi connectivity index (χ1) is 15.7. The van der Waals surface area contributed by atoms with Crippen LogP contribution < -0.4 is 20.1 Å². The van der Waals surface area contributed by atoms with Gasteiger partial charge in [-0.25, -0.2) is 4.68 Å². The molecule has 2 atom stereocenters. The Bertz CT molecular complexity index is 1170. The van der Waals surface area contributed by atoms with E-state index in [1.807, 2.05) is 0 Å². The maximum absolute atomic E-state index is 13.9. The van der Waals surface area contributed by atoms with E-state index >= 15 is 0 Å². The number of carbonyl (C=O) groups is 1. The van der Waals surface area contributed by atoms with Crippen LogP contribution in [0.15, 0.2) is 48.5 Å². The normalized spacial score (nSPS) is 17.6. The Hall–Kier alpha value is -3.40. The number of carbonyl (C=O) groups excluding carboxylic acids is 1. The van der Waals surface area contributed by atoms with Crippen LogP contribution in [-0.2, 0) is 0 Å².